The van der Waals surface area contributed by atoms with Gasteiger partial charge in [0.1, 0.15) is 12.9 Å². The lowest BCUT2D eigenvalue weighted by atomic mass is 9.95. The van der Waals surface area contributed by atoms with Gasteiger partial charge in [0.2, 0.25) is 5.91 Å². The molecule has 3 heterocycles. The Balaban J connectivity index is 1.06. The number of cyclic esters (lactones) is 1. The van der Waals surface area contributed by atoms with Crippen molar-refractivity contribution in [2.24, 2.45) is 5.10 Å². The molecule has 0 spiro atoms. The van der Waals surface area contributed by atoms with Crippen molar-refractivity contribution >= 4 is 23.9 Å². The lowest BCUT2D eigenvalue weighted by Crippen LogP contribution is -2.50. The number of hydrogen-bond donors (Lipinski definition) is 2. The van der Waals surface area contributed by atoms with E-state index in [0.29, 0.717) is 25.2 Å². The summed E-state index contributed by atoms with van der Waals surface area (Å²) in [6.07, 6.45) is 2.80. The second-order valence-corrected chi connectivity index (χ2v) is 10.2. The van der Waals surface area contributed by atoms with Gasteiger partial charge in [-0.2, -0.15) is 5.10 Å². The van der Waals surface area contributed by atoms with Crippen molar-refractivity contribution in [2.75, 3.05) is 44.8 Å². The number of carbonyl (C=O) groups excluding carboxylic acids is 2. The fourth-order valence-electron chi connectivity index (χ4n) is 5.98. The molecule has 1 unspecified atom stereocenters. The number of benzene rings is 2. The van der Waals surface area contributed by atoms with Gasteiger partial charge in [-0.3, -0.25) is 9.69 Å². The van der Waals surface area contributed by atoms with Crippen molar-refractivity contribution in [3.05, 3.63) is 63.7 Å². The van der Waals surface area contributed by atoms with Crippen molar-refractivity contribution in [2.45, 2.75) is 38.4 Å². The molecule has 2 atom stereocenters. The number of fused-ring (bicyclic) bond motifs is 2. The van der Waals surface area contributed by atoms with E-state index in [2.05, 4.69) is 27.7 Å². The average molecular weight is 505 g/mol. The zero-order valence-electron chi connectivity index (χ0n) is 21.2. The maximum Gasteiger partial charge on any atom is 0.338 e. The Labute approximate surface area is 216 Å². The average Bonchev–Trinajstić information content (AvgIpc) is 3.62. The standard InChI is InChI=1S/C27H32N6O4/c1-17-20(7-8-23-24(17)15-37-27(23)36)25(34)14-31-9-11-32(12-10-31)26(35)22-5-3-18-13-19(4-6-21(18)22)33-16-28-29-30(33)2/h4,6-8,13,16,22,25,29,34H,3,5,9-12,14-15H2,1-2H3/t22?,25-/m0/s1. The summed E-state index contributed by atoms with van der Waals surface area (Å²) < 4.78 is 5.14. The van der Waals surface area contributed by atoms with E-state index < -0.39 is 6.10 Å². The van der Waals surface area contributed by atoms with E-state index in [-0.39, 0.29) is 24.4 Å². The van der Waals surface area contributed by atoms with Crippen LogP contribution < -0.4 is 10.5 Å². The third-order valence-electron chi connectivity index (χ3n) is 8.14. The molecule has 0 saturated carbocycles. The van der Waals surface area contributed by atoms with Gasteiger partial charge in [0.25, 0.3) is 0 Å². The molecule has 10 heteroatoms. The smallest absolute Gasteiger partial charge is 0.338 e. The highest BCUT2D eigenvalue weighted by molar-refractivity contribution is 5.94. The van der Waals surface area contributed by atoms with Crippen molar-refractivity contribution in [3.63, 3.8) is 0 Å². The summed E-state index contributed by atoms with van der Waals surface area (Å²) in [7, 11) is 1.90. The number of aliphatic hydroxyl groups is 1. The van der Waals surface area contributed by atoms with Gasteiger partial charge in [-0.25, -0.2) is 15.3 Å². The first kappa shape index (κ1) is 23.9. The number of nitrogens with zero attached hydrogens (tertiary/aromatic N) is 5. The summed E-state index contributed by atoms with van der Waals surface area (Å²) in [5.41, 5.74) is 9.48. The van der Waals surface area contributed by atoms with Gasteiger partial charge < -0.3 is 14.7 Å². The molecule has 37 heavy (non-hydrogen) atoms. The Bertz CT molecular complexity index is 1270. The molecule has 1 fully saturated rings. The Kier molecular flexibility index (Phi) is 6.10. The molecule has 0 bridgehead atoms. The van der Waals surface area contributed by atoms with E-state index in [1.807, 2.05) is 36.0 Å². The lowest BCUT2D eigenvalue weighted by molar-refractivity contribution is -0.134. The minimum absolute atomic E-state index is 0.0942. The number of esters is 1. The Morgan fingerprint density at radius 3 is 2.78 bits per heavy atom. The van der Waals surface area contributed by atoms with Gasteiger partial charge in [-0.15, -0.1) is 5.12 Å². The number of amides is 1. The van der Waals surface area contributed by atoms with Gasteiger partial charge in [-0.1, -0.05) is 12.1 Å². The highest BCUT2D eigenvalue weighted by Gasteiger charge is 2.34. The molecule has 0 aromatic heterocycles. The molecule has 3 aliphatic heterocycles. The molecule has 2 aromatic rings. The number of aryl methyl sites for hydroxylation is 1. The summed E-state index contributed by atoms with van der Waals surface area (Å²) in [6, 6.07) is 9.87. The maximum atomic E-state index is 13.5. The van der Waals surface area contributed by atoms with Crippen LogP contribution in [0.3, 0.4) is 0 Å². The largest absolute Gasteiger partial charge is 0.457 e. The third-order valence-corrected chi connectivity index (χ3v) is 8.14. The molecule has 1 saturated heterocycles. The molecular formula is C27H32N6O4. The topological polar surface area (TPSA) is 101 Å². The van der Waals surface area contributed by atoms with Gasteiger partial charge in [-0.05, 0) is 60.2 Å². The van der Waals surface area contributed by atoms with Crippen LogP contribution in [0.4, 0.5) is 5.69 Å². The Hall–Kier alpha value is -3.47. The van der Waals surface area contributed by atoms with E-state index in [1.165, 1.54) is 5.56 Å². The number of ether oxygens (including phenoxy) is 1. The fraction of sp³-hybridized carbons (Fsp3) is 0.444. The molecule has 1 aliphatic carbocycles. The number of rotatable bonds is 5. The Morgan fingerprint density at radius 1 is 1.22 bits per heavy atom. The van der Waals surface area contributed by atoms with Crippen LogP contribution in [0.2, 0.25) is 0 Å². The zero-order chi connectivity index (χ0) is 25.7. The minimum atomic E-state index is -0.658. The number of hydrogen-bond acceptors (Lipinski definition) is 9. The molecule has 0 radical (unpaired) electrons. The molecule has 6 rings (SSSR count). The van der Waals surface area contributed by atoms with Gasteiger partial charge in [0, 0.05) is 45.3 Å². The van der Waals surface area contributed by atoms with Crippen LogP contribution in [-0.2, 0) is 22.6 Å². The Morgan fingerprint density at radius 2 is 2.03 bits per heavy atom. The number of carbonyl (C=O) groups is 2. The van der Waals surface area contributed by atoms with E-state index >= 15 is 0 Å². The van der Waals surface area contributed by atoms with E-state index in [9.17, 15) is 14.7 Å². The highest BCUT2D eigenvalue weighted by atomic mass is 16.5. The summed E-state index contributed by atoms with van der Waals surface area (Å²) in [5, 5.41) is 18.8. The first-order valence-corrected chi connectivity index (χ1v) is 12.8. The molecule has 1 amide bonds. The van der Waals surface area contributed by atoms with Gasteiger partial charge in [0.05, 0.1) is 23.3 Å². The molecule has 2 N–H and O–H groups in total. The number of hydrazone groups is 1. The second kappa shape index (κ2) is 9.44. The van der Waals surface area contributed by atoms with Gasteiger partial charge in [0.15, 0.2) is 0 Å². The number of hydrazine groups is 2. The number of aliphatic hydroxyl groups excluding tert-OH is 1. The van der Waals surface area contributed by atoms with Crippen LogP contribution in [0.5, 0.6) is 0 Å². The van der Waals surface area contributed by atoms with Crippen molar-refractivity contribution in [3.8, 4) is 0 Å². The summed E-state index contributed by atoms with van der Waals surface area (Å²) in [5.74, 6) is -0.188. The number of piperazine rings is 1. The van der Waals surface area contributed by atoms with Crippen LogP contribution in [0.25, 0.3) is 0 Å². The number of β-amino-alcohol motifs (C(OH)–C–C–N with tert-alkyl or cyclic N) is 1. The summed E-state index contributed by atoms with van der Waals surface area (Å²) in [4.78, 5) is 29.5. The second-order valence-electron chi connectivity index (χ2n) is 10.2. The molecule has 4 aliphatic rings. The maximum absolute atomic E-state index is 13.5. The van der Waals surface area contributed by atoms with Crippen LogP contribution in [0, 0.1) is 6.92 Å². The first-order chi connectivity index (χ1) is 17.9. The third kappa shape index (κ3) is 4.24. The van der Waals surface area contributed by atoms with Crippen molar-refractivity contribution in [1.82, 2.24) is 20.5 Å². The molecular weight excluding hydrogens is 472 g/mol. The van der Waals surface area contributed by atoms with Crippen LogP contribution in [0.1, 0.15) is 56.6 Å². The highest BCUT2D eigenvalue weighted by Crippen LogP contribution is 2.37. The van der Waals surface area contributed by atoms with E-state index in [4.69, 9.17) is 4.74 Å². The lowest BCUT2D eigenvalue weighted by Gasteiger charge is -2.37. The van der Waals surface area contributed by atoms with Crippen molar-refractivity contribution < 1.29 is 19.4 Å². The van der Waals surface area contributed by atoms with E-state index in [1.54, 1.807) is 17.5 Å². The van der Waals surface area contributed by atoms with Gasteiger partial charge >= 0.3 is 5.97 Å². The quantitative estimate of drug-likeness (QED) is 0.594. The number of anilines is 1. The molecule has 194 valence electrons. The first-order valence-electron chi connectivity index (χ1n) is 12.8. The van der Waals surface area contributed by atoms with E-state index in [0.717, 1.165) is 53.9 Å². The minimum Gasteiger partial charge on any atom is -0.457 e. The van der Waals surface area contributed by atoms with Crippen LogP contribution >= 0.6 is 0 Å². The fourth-order valence-corrected chi connectivity index (χ4v) is 5.98. The number of nitrogens with one attached hydrogen (secondary N) is 1. The predicted octanol–water partition coefficient (Wildman–Crippen LogP) is 1.69. The zero-order valence-corrected chi connectivity index (χ0v) is 21.2. The molecule has 10 nitrogen and oxygen atoms in total. The van der Waals surface area contributed by atoms with Crippen LogP contribution in [0.15, 0.2) is 35.4 Å². The summed E-state index contributed by atoms with van der Waals surface area (Å²) >= 11 is 0. The summed E-state index contributed by atoms with van der Waals surface area (Å²) in [6.45, 7) is 5.46. The molecule has 2 aromatic carbocycles. The normalized spacial score (nSPS) is 22.1. The van der Waals surface area contributed by atoms with Crippen LogP contribution in [-0.4, -0.2) is 78.0 Å². The monoisotopic (exact) mass is 504 g/mol. The van der Waals surface area contributed by atoms with Crippen molar-refractivity contribution in [1.29, 1.82) is 0 Å². The predicted molar refractivity (Wildman–Crippen MR) is 138 cm³/mol. The SMILES string of the molecule is Cc1c([C@@H](O)CN2CCN(C(=O)C3CCc4cc(N5C=NNN5C)ccc43)CC2)ccc2c1COC2=O.